The summed E-state index contributed by atoms with van der Waals surface area (Å²) in [5.74, 6) is 2.22. The molecule has 8 nitrogen and oxygen atoms in total. The first-order valence-electron chi connectivity index (χ1n) is 8.61. The molecule has 2 atom stereocenters. The minimum atomic E-state index is -0.338. The molecule has 1 aliphatic heterocycles. The molecule has 3 rings (SSSR count). The third-order valence-electron chi connectivity index (χ3n) is 5.02. The van der Waals surface area contributed by atoms with Crippen LogP contribution >= 0.6 is 24.0 Å². The van der Waals surface area contributed by atoms with E-state index in [2.05, 4.69) is 30.3 Å². The summed E-state index contributed by atoms with van der Waals surface area (Å²) >= 11 is 0. The minimum absolute atomic E-state index is 0. The van der Waals surface area contributed by atoms with Crippen molar-refractivity contribution < 1.29 is 9.53 Å². The number of aromatic nitrogens is 3. The van der Waals surface area contributed by atoms with Gasteiger partial charge in [-0.05, 0) is 24.7 Å². The van der Waals surface area contributed by atoms with Crippen molar-refractivity contribution in [1.82, 2.24) is 25.2 Å². The monoisotopic (exact) mass is 462 g/mol. The van der Waals surface area contributed by atoms with E-state index in [0.29, 0.717) is 6.54 Å². The van der Waals surface area contributed by atoms with Crippen molar-refractivity contribution in [2.75, 3.05) is 27.2 Å². The van der Waals surface area contributed by atoms with Crippen LogP contribution in [0.1, 0.15) is 31.4 Å². The fraction of sp³-hybridized carbons (Fsp3) is 0.750. The molecule has 1 N–H and O–H groups in total. The number of carbonyl (C=O) groups is 1. The lowest BCUT2D eigenvalue weighted by atomic mass is 9.82. The Morgan fingerprint density at radius 3 is 2.64 bits per heavy atom. The number of halogens is 1. The third kappa shape index (κ3) is 5.05. The number of likely N-dealkylation sites (tertiary alicyclic amines) is 1. The zero-order valence-corrected chi connectivity index (χ0v) is 17.2. The van der Waals surface area contributed by atoms with Gasteiger partial charge in [-0.2, -0.15) is 0 Å². The molecule has 1 saturated carbocycles. The zero-order chi connectivity index (χ0) is 16.9. The topological polar surface area (TPSA) is 84.6 Å². The van der Waals surface area contributed by atoms with Gasteiger partial charge in [-0.1, -0.05) is 18.1 Å². The van der Waals surface area contributed by atoms with Crippen LogP contribution in [0.4, 0.5) is 0 Å². The maximum absolute atomic E-state index is 11.2. The van der Waals surface area contributed by atoms with Gasteiger partial charge in [0.1, 0.15) is 12.2 Å². The average molecular weight is 462 g/mol. The number of hydrogen-bond acceptors (Lipinski definition) is 5. The van der Waals surface area contributed by atoms with Crippen LogP contribution in [-0.2, 0) is 22.6 Å². The van der Waals surface area contributed by atoms with Crippen LogP contribution in [-0.4, -0.2) is 59.1 Å². The molecule has 0 amide bonds. The Hall–Kier alpha value is -1.39. The first-order valence-corrected chi connectivity index (χ1v) is 8.61. The predicted octanol–water partition coefficient (Wildman–Crippen LogP) is 1.27. The lowest BCUT2D eigenvalue weighted by Gasteiger charge is -2.22. The summed E-state index contributed by atoms with van der Waals surface area (Å²) in [6, 6.07) is 0. The van der Waals surface area contributed by atoms with E-state index in [9.17, 15) is 4.79 Å². The van der Waals surface area contributed by atoms with Gasteiger partial charge in [0.25, 0.3) is 0 Å². The third-order valence-corrected chi connectivity index (χ3v) is 5.02. The molecule has 2 unspecified atom stereocenters. The average Bonchev–Trinajstić information content (AvgIpc) is 3.22. The molecule has 1 saturated heterocycles. The van der Waals surface area contributed by atoms with Gasteiger partial charge in [0.15, 0.2) is 5.96 Å². The summed E-state index contributed by atoms with van der Waals surface area (Å²) in [4.78, 5) is 18.0. The van der Waals surface area contributed by atoms with Crippen LogP contribution in [0, 0.1) is 11.8 Å². The molecular weight excluding hydrogens is 435 g/mol. The second-order valence-electron chi connectivity index (χ2n) is 6.59. The van der Waals surface area contributed by atoms with Crippen molar-refractivity contribution in [1.29, 1.82) is 0 Å². The molecule has 0 aromatic carbocycles. The number of methoxy groups -OCH3 is 1. The van der Waals surface area contributed by atoms with Crippen LogP contribution in [0.15, 0.2) is 11.2 Å². The van der Waals surface area contributed by atoms with Crippen LogP contribution in [0.3, 0.4) is 0 Å². The van der Waals surface area contributed by atoms with E-state index in [1.165, 1.54) is 37.5 Å². The van der Waals surface area contributed by atoms with Gasteiger partial charge in [0, 0.05) is 20.1 Å². The fourth-order valence-electron chi connectivity index (χ4n) is 3.77. The Bertz CT molecular complexity index is 591. The normalized spacial score (nSPS) is 23.0. The number of carbonyl (C=O) groups excluding carboxylic acids is 1. The number of fused-ring (bicyclic) bond motifs is 1. The Labute approximate surface area is 165 Å². The number of ether oxygens (including phenoxy) is 1. The van der Waals surface area contributed by atoms with E-state index < -0.39 is 0 Å². The molecule has 1 aliphatic carbocycles. The Balaban J connectivity index is 0.00000225. The molecular formula is C16H27IN6O2. The molecule has 0 bridgehead atoms. The van der Waals surface area contributed by atoms with Gasteiger partial charge in [0.2, 0.25) is 0 Å². The second-order valence-corrected chi connectivity index (χ2v) is 6.59. The van der Waals surface area contributed by atoms with Crippen LogP contribution in [0.25, 0.3) is 0 Å². The molecule has 2 heterocycles. The summed E-state index contributed by atoms with van der Waals surface area (Å²) in [6.45, 7) is 2.81. The smallest absolute Gasteiger partial charge is 0.327 e. The summed E-state index contributed by atoms with van der Waals surface area (Å²) in [6.07, 6.45) is 7.18. The van der Waals surface area contributed by atoms with Gasteiger partial charge in [-0.25, -0.2) is 4.68 Å². The van der Waals surface area contributed by atoms with Crippen molar-refractivity contribution in [2.45, 2.75) is 38.8 Å². The van der Waals surface area contributed by atoms with Gasteiger partial charge >= 0.3 is 5.97 Å². The molecule has 25 heavy (non-hydrogen) atoms. The van der Waals surface area contributed by atoms with Gasteiger partial charge in [0.05, 0.1) is 19.9 Å². The molecule has 0 spiro atoms. The van der Waals surface area contributed by atoms with E-state index >= 15 is 0 Å². The zero-order valence-electron chi connectivity index (χ0n) is 14.8. The lowest BCUT2D eigenvalue weighted by molar-refractivity contribution is -0.141. The van der Waals surface area contributed by atoms with E-state index in [0.717, 1.165) is 36.6 Å². The first kappa shape index (κ1) is 19.9. The van der Waals surface area contributed by atoms with Crippen LogP contribution in [0.2, 0.25) is 0 Å². The van der Waals surface area contributed by atoms with E-state index in [-0.39, 0.29) is 36.5 Å². The number of aliphatic imine (C=N–C) groups is 1. The Morgan fingerprint density at radius 2 is 2.04 bits per heavy atom. The Kier molecular flexibility index (Phi) is 7.45. The van der Waals surface area contributed by atoms with Crippen molar-refractivity contribution in [3.63, 3.8) is 0 Å². The van der Waals surface area contributed by atoms with E-state index in [1.807, 2.05) is 7.05 Å². The second kappa shape index (κ2) is 9.35. The molecule has 1 aromatic heterocycles. The predicted molar refractivity (Wildman–Crippen MR) is 105 cm³/mol. The number of rotatable bonds is 4. The Morgan fingerprint density at radius 1 is 1.36 bits per heavy atom. The van der Waals surface area contributed by atoms with Gasteiger partial charge in [-0.15, -0.1) is 29.1 Å². The number of esters is 1. The highest BCUT2D eigenvalue weighted by atomic mass is 127. The summed E-state index contributed by atoms with van der Waals surface area (Å²) in [7, 11) is 3.18. The van der Waals surface area contributed by atoms with Crippen LogP contribution < -0.4 is 5.32 Å². The van der Waals surface area contributed by atoms with Gasteiger partial charge in [-0.3, -0.25) is 9.79 Å². The van der Waals surface area contributed by atoms with E-state index in [4.69, 9.17) is 0 Å². The summed E-state index contributed by atoms with van der Waals surface area (Å²) < 4.78 is 6.11. The van der Waals surface area contributed by atoms with Crippen molar-refractivity contribution in [3.8, 4) is 0 Å². The summed E-state index contributed by atoms with van der Waals surface area (Å²) in [5, 5.41) is 11.4. The molecule has 140 valence electrons. The number of guanidine groups is 1. The standard InChI is InChI=1S/C16H26N6O2.HI/c1-17-16(21-8-12-5-3-4-6-13(12)9-21)18-7-14-10-22(20-19-14)11-15(23)24-2;/h10,12-13H,3-9,11H2,1-2H3,(H,17,18);1H. The first-order chi connectivity index (χ1) is 11.7. The fourth-order valence-corrected chi connectivity index (χ4v) is 3.77. The highest BCUT2D eigenvalue weighted by Gasteiger charge is 2.35. The number of nitrogens with zero attached hydrogens (tertiary/aromatic N) is 5. The maximum Gasteiger partial charge on any atom is 0.327 e. The molecule has 2 fully saturated rings. The quantitative estimate of drug-likeness (QED) is 0.314. The molecule has 1 aromatic rings. The van der Waals surface area contributed by atoms with Crippen molar-refractivity contribution in [3.05, 3.63) is 11.9 Å². The number of hydrogen-bond donors (Lipinski definition) is 1. The van der Waals surface area contributed by atoms with Crippen molar-refractivity contribution >= 4 is 35.9 Å². The largest absolute Gasteiger partial charge is 0.468 e. The number of nitrogens with one attached hydrogen (secondary N) is 1. The molecule has 9 heteroatoms. The highest BCUT2D eigenvalue weighted by Crippen LogP contribution is 2.35. The SMILES string of the molecule is CN=C(NCc1cn(CC(=O)OC)nn1)N1CC2CCCCC2C1.I. The minimum Gasteiger partial charge on any atom is -0.468 e. The van der Waals surface area contributed by atoms with Crippen molar-refractivity contribution in [2.24, 2.45) is 16.8 Å². The molecule has 2 aliphatic rings. The summed E-state index contributed by atoms with van der Waals surface area (Å²) in [5.41, 5.74) is 0.775. The maximum atomic E-state index is 11.2. The highest BCUT2D eigenvalue weighted by molar-refractivity contribution is 14.0. The van der Waals surface area contributed by atoms with Crippen LogP contribution in [0.5, 0.6) is 0 Å². The van der Waals surface area contributed by atoms with E-state index in [1.54, 1.807) is 6.20 Å². The lowest BCUT2D eigenvalue weighted by Crippen LogP contribution is -2.40. The van der Waals surface area contributed by atoms with Gasteiger partial charge < -0.3 is 15.0 Å². The molecule has 0 radical (unpaired) electrons.